The van der Waals surface area contributed by atoms with Crippen LogP contribution in [0.2, 0.25) is 0 Å². The van der Waals surface area contributed by atoms with Gasteiger partial charge in [-0.05, 0) is 24.3 Å². The molecule has 5 nitrogen and oxygen atoms in total. The quantitative estimate of drug-likeness (QED) is 0.847. The van der Waals surface area contributed by atoms with Gasteiger partial charge in [-0.3, -0.25) is 0 Å². The van der Waals surface area contributed by atoms with Gasteiger partial charge in [0.05, 0.1) is 13.2 Å². The third-order valence-corrected chi connectivity index (χ3v) is 2.93. The molecular formula is C14H15N3O2. The van der Waals surface area contributed by atoms with E-state index in [0.717, 1.165) is 17.1 Å². The molecule has 1 aromatic carbocycles. The first-order valence-electron chi connectivity index (χ1n) is 6.21. The average molecular weight is 257 g/mol. The van der Waals surface area contributed by atoms with Gasteiger partial charge in [0.2, 0.25) is 0 Å². The van der Waals surface area contributed by atoms with Crippen molar-refractivity contribution in [2.75, 3.05) is 18.9 Å². The van der Waals surface area contributed by atoms with Crippen molar-refractivity contribution in [3.8, 4) is 22.9 Å². The maximum atomic E-state index is 5.74. The lowest BCUT2D eigenvalue weighted by Crippen LogP contribution is -2.12. The van der Waals surface area contributed by atoms with Gasteiger partial charge in [-0.15, -0.1) is 0 Å². The monoisotopic (exact) mass is 257 g/mol. The summed E-state index contributed by atoms with van der Waals surface area (Å²) in [7, 11) is 0. The van der Waals surface area contributed by atoms with Gasteiger partial charge < -0.3 is 15.2 Å². The number of ether oxygens (including phenoxy) is 2. The first-order valence-corrected chi connectivity index (χ1v) is 6.21. The lowest BCUT2D eigenvalue weighted by atomic mass is 10.2. The molecule has 2 heterocycles. The van der Waals surface area contributed by atoms with E-state index < -0.39 is 0 Å². The van der Waals surface area contributed by atoms with Crippen molar-refractivity contribution in [2.45, 2.75) is 6.92 Å². The zero-order valence-corrected chi connectivity index (χ0v) is 10.7. The molecule has 0 radical (unpaired) electrons. The van der Waals surface area contributed by atoms with Crippen molar-refractivity contribution in [3.63, 3.8) is 0 Å². The Labute approximate surface area is 111 Å². The number of nitrogen functional groups attached to an aromatic ring is 1. The van der Waals surface area contributed by atoms with Gasteiger partial charge in [-0.1, -0.05) is 6.92 Å². The van der Waals surface area contributed by atoms with Crippen LogP contribution < -0.4 is 15.2 Å². The molecule has 1 aliphatic heterocycles. The predicted octanol–water partition coefficient (Wildman–Crippen LogP) is 2.13. The van der Waals surface area contributed by atoms with Crippen molar-refractivity contribution in [1.82, 2.24) is 9.97 Å². The number of hydrogen-bond acceptors (Lipinski definition) is 5. The molecular weight excluding hydrogens is 242 g/mol. The van der Waals surface area contributed by atoms with Gasteiger partial charge in [0.1, 0.15) is 5.82 Å². The Bertz CT molecular complexity index is 601. The summed E-state index contributed by atoms with van der Waals surface area (Å²) in [4.78, 5) is 8.41. The Morgan fingerprint density at radius 2 is 1.95 bits per heavy atom. The molecule has 0 bridgehead atoms. The van der Waals surface area contributed by atoms with Crippen LogP contribution in [0.5, 0.6) is 11.5 Å². The van der Waals surface area contributed by atoms with Crippen LogP contribution in [0.25, 0.3) is 11.4 Å². The van der Waals surface area contributed by atoms with Gasteiger partial charge in [0.25, 0.3) is 0 Å². The number of nitrogens with two attached hydrogens (primary N) is 1. The van der Waals surface area contributed by atoms with Gasteiger partial charge in [-0.25, -0.2) is 9.97 Å². The summed E-state index contributed by atoms with van der Waals surface area (Å²) >= 11 is 0. The molecule has 3 rings (SSSR count). The molecule has 0 saturated carbocycles. The van der Waals surface area contributed by atoms with Crippen LogP contribution in [0, 0.1) is 5.92 Å². The predicted molar refractivity (Wildman–Crippen MR) is 72.0 cm³/mol. The molecule has 98 valence electrons. The molecule has 5 heteroatoms. The summed E-state index contributed by atoms with van der Waals surface area (Å²) in [5.41, 5.74) is 6.53. The van der Waals surface area contributed by atoms with Gasteiger partial charge in [-0.2, -0.15) is 0 Å². The lowest BCUT2D eigenvalue weighted by molar-refractivity contribution is 0.228. The van der Waals surface area contributed by atoms with E-state index in [4.69, 9.17) is 15.2 Å². The fraction of sp³-hybridized carbons (Fsp3) is 0.286. The zero-order chi connectivity index (χ0) is 13.2. The van der Waals surface area contributed by atoms with E-state index in [1.54, 1.807) is 12.3 Å². The van der Waals surface area contributed by atoms with E-state index in [0.29, 0.717) is 30.8 Å². The molecule has 0 spiro atoms. The summed E-state index contributed by atoms with van der Waals surface area (Å²) in [6.45, 7) is 3.41. The average Bonchev–Trinajstić information content (AvgIpc) is 2.61. The number of hydrogen-bond donors (Lipinski definition) is 1. The van der Waals surface area contributed by atoms with Crippen LogP contribution in [0.4, 0.5) is 5.82 Å². The van der Waals surface area contributed by atoms with Crippen molar-refractivity contribution in [2.24, 2.45) is 5.92 Å². The van der Waals surface area contributed by atoms with Gasteiger partial charge in [0, 0.05) is 17.7 Å². The highest BCUT2D eigenvalue weighted by Gasteiger charge is 2.16. The Balaban J connectivity index is 1.97. The van der Waals surface area contributed by atoms with Crippen molar-refractivity contribution in [3.05, 3.63) is 30.5 Å². The van der Waals surface area contributed by atoms with Gasteiger partial charge >= 0.3 is 0 Å². The minimum atomic E-state index is 0.375. The summed E-state index contributed by atoms with van der Waals surface area (Å²) < 4.78 is 11.4. The molecule has 0 amide bonds. The highest BCUT2D eigenvalue weighted by atomic mass is 16.5. The minimum absolute atomic E-state index is 0.375. The van der Waals surface area contributed by atoms with Crippen LogP contribution in [0.1, 0.15) is 6.92 Å². The van der Waals surface area contributed by atoms with E-state index in [2.05, 4.69) is 16.9 Å². The second-order valence-electron chi connectivity index (χ2n) is 4.69. The minimum Gasteiger partial charge on any atom is -0.489 e. The largest absolute Gasteiger partial charge is 0.489 e. The summed E-state index contributed by atoms with van der Waals surface area (Å²) in [6.07, 6.45) is 1.64. The number of benzene rings is 1. The van der Waals surface area contributed by atoms with Crippen LogP contribution in [-0.4, -0.2) is 23.2 Å². The third-order valence-electron chi connectivity index (χ3n) is 2.93. The molecule has 1 aromatic heterocycles. The van der Waals surface area contributed by atoms with E-state index in [1.807, 2.05) is 18.2 Å². The van der Waals surface area contributed by atoms with E-state index in [9.17, 15) is 0 Å². The molecule has 1 aliphatic rings. The molecule has 0 saturated heterocycles. The summed E-state index contributed by atoms with van der Waals surface area (Å²) in [5, 5.41) is 0. The highest BCUT2D eigenvalue weighted by Crippen LogP contribution is 2.33. The molecule has 2 aromatic rings. The van der Waals surface area contributed by atoms with Crippen molar-refractivity contribution < 1.29 is 9.47 Å². The Morgan fingerprint density at radius 3 is 2.74 bits per heavy atom. The maximum Gasteiger partial charge on any atom is 0.161 e. The SMILES string of the molecule is CC1COc2ccc(-c3nccc(N)n3)cc2OC1. The molecule has 19 heavy (non-hydrogen) atoms. The Hall–Kier alpha value is -2.30. The zero-order valence-electron chi connectivity index (χ0n) is 10.7. The normalized spacial score (nSPS) is 17.8. The van der Waals surface area contributed by atoms with Crippen LogP contribution in [0.3, 0.4) is 0 Å². The Morgan fingerprint density at radius 1 is 1.16 bits per heavy atom. The summed E-state index contributed by atoms with van der Waals surface area (Å²) in [5.74, 6) is 2.90. The van der Waals surface area contributed by atoms with Crippen molar-refractivity contribution >= 4 is 5.82 Å². The van der Waals surface area contributed by atoms with Crippen LogP contribution in [0.15, 0.2) is 30.5 Å². The number of nitrogens with zero attached hydrogens (tertiary/aromatic N) is 2. The maximum absolute atomic E-state index is 5.74. The first-order chi connectivity index (χ1) is 9.22. The number of rotatable bonds is 1. The number of fused-ring (bicyclic) bond motifs is 1. The molecule has 2 N–H and O–H groups in total. The van der Waals surface area contributed by atoms with Crippen LogP contribution in [-0.2, 0) is 0 Å². The topological polar surface area (TPSA) is 70.3 Å². The van der Waals surface area contributed by atoms with E-state index in [1.165, 1.54) is 0 Å². The molecule has 0 fully saturated rings. The van der Waals surface area contributed by atoms with Crippen molar-refractivity contribution in [1.29, 1.82) is 0 Å². The molecule has 1 unspecified atom stereocenters. The smallest absolute Gasteiger partial charge is 0.161 e. The molecule has 1 atom stereocenters. The standard InChI is InChI=1S/C14H15N3O2/c1-9-7-18-11-3-2-10(6-12(11)19-8-9)14-16-5-4-13(15)17-14/h2-6,9H,7-8H2,1H3,(H2,15,16,17). The summed E-state index contributed by atoms with van der Waals surface area (Å²) in [6, 6.07) is 7.35. The van der Waals surface area contributed by atoms with E-state index >= 15 is 0 Å². The Kier molecular flexibility index (Phi) is 2.95. The fourth-order valence-corrected chi connectivity index (χ4v) is 1.90. The number of anilines is 1. The van der Waals surface area contributed by atoms with Crippen LogP contribution >= 0.6 is 0 Å². The lowest BCUT2D eigenvalue weighted by Gasteiger charge is -2.08. The first kappa shape index (κ1) is 11.8. The second-order valence-corrected chi connectivity index (χ2v) is 4.69. The fourth-order valence-electron chi connectivity index (χ4n) is 1.90. The van der Waals surface area contributed by atoms with Gasteiger partial charge in [0.15, 0.2) is 17.3 Å². The number of aromatic nitrogens is 2. The molecule has 0 aliphatic carbocycles. The van der Waals surface area contributed by atoms with E-state index in [-0.39, 0.29) is 0 Å². The second kappa shape index (κ2) is 4.76. The highest BCUT2D eigenvalue weighted by molar-refractivity contribution is 5.62. The third kappa shape index (κ3) is 2.45.